The largest absolute Gasteiger partial charge is 0.469 e. The van der Waals surface area contributed by atoms with Crippen molar-refractivity contribution < 1.29 is 14.3 Å². The Morgan fingerprint density at radius 1 is 0.568 bits per heavy atom. The molecule has 0 spiro atoms. The second kappa shape index (κ2) is 31.1. The van der Waals surface area contributed by atoms with Crippen LogP contribution in [0.4, 0.5) is 0 Å². The SMILES string of the molecule is CCC(C)CC(C)CCCCCCCCCCCCCCCCCCCCC1CCC(CCCCCCCCC(=O)OC)O1. The summed E-state index contributed by atoms with van der Waals surface area (Å²) in [4.78, 5) is 11.1. The van der Waals surface area contributed by atoms with Gasteiger partial charge >= 0.3 is 5.97 Å². The standard InChI is InChI=1S/C41H80O3/c1-5-37(2)36-38(3)30-26-22-18-16-14-12-10-8-6-7-9-11-13-15-17-19-23-27-31-39-34-35-40(44-39)32-28-24-20-21-25-29-33-41(42)43-4/h37-40H,5-36H2,1-4H3. The first-order chi connectivity index (χ1) is 21.5. The van der Waals surface area contributed by atoms with Crippen molar-refractivity contribution in [1.29, 1.82) is 0 Å². The molecular formula is C41H80O3. The predicted octanol–water partition coefficient (Wildman–Crippen LogP) is 13.7. The molecule has 1 aliphatic rings. The molecule has 4 atom stereocenters. The molecule has 0 amide bonds. The average molecular weight is 621 g/mol. The molecule has 4 unspecified atom stereocenters. The van der Waals surface area contributed by atoms with Gasteiger partial charge < -0.3 is 9.47 Å². The minimum absolute atomic E-state index is 0.0708. The van der Waals surface area contributed by atoms with Gasteiger partial charge in [0.05, 0.1) is 19.3 Å². The lowest BCUT2D eigenvalue weighted by Gasteiger charge is -2.15. The van der Waals surface area contributed by atoms with Crippen molar-refractivity contribution in [3.63, 3.8) is 0 Å². The van der Waals surface area contributed by atoms with Crippen LogP contribution in [0.3, 0.4) is 0 Å². The second-order valence-electron chi connectivity index (χ2n) is 15.0. The molecule has 0 aromatic carbocycles. The molecule has 44 heavy (non-hydrogen) atoms. The molecule has 0 bridgehead atoms. The van der Waals surface area contributed by atoms with Gasteiger partial charge in [-0.1, -0.05) is 181 Å². The lowest BCUT2D eigenvalue weighted by Crippen LogP contribution is -2.10. The van der Waals surface area contributed by atoms with E-state index in [0.717, 1.165) is 24.7 Å². The smallest absolute Gasteiger partial charge is 0.305 e. The molecule has 1 rings (SSSR count). The van der Waals surface area contributed by atoms with E-state index in [9.17, 15) is 4.79 Å². The number of ether oxygens (including phenoxy) is 2. The first-order valence-electron chi connectivity index (χ1n) is 20.3. The van der Waals surface area contributed by atoms with Gasteiger partial charge in [-0.3, -0.25) is 4.79 Å². The Bertz CT molecular complexity index is 605. The van der Waals surface area contributed by atoms with Crippen molar-refractivity contribution in [3.05, 3.63) is 0 Å². The minimum Gasteiger partial charge on any atom is -0.469 e. The Morgan fingerprint density at radius 3 is 1.32 bits per heavy atom. The summed E-state index contributed by atoms with van der Waals surface area (Å²) in [5, 5.41) is 0. The fraction of sp³-hybridized carbons (Fsp3) is 0.976. The van der Waals surface area contributed by atoms with Gasteiger partial charge in [0, 0.05) is 6.42 Å². The van der Waals surface area contributed by atoms with Crippen LogP contribution in [0.25, 0.3) is 0 Å². The third-order valence-corrected chi connectivity index (χ3v) is 10.6. The van der Waals surface area contributed by atoms with E-state index in [2.05, 4.69) is 20.8 Å². The summed E-state index contributed by atoms with van der Waals surface area (Å²) in [5.74, 6) is 1.78. The van der Waals surface area contributed by atoms with Gasteiger partial charge in [-0.25, -0.2) is 0 Å². The van der Waals surface area contributed by atoms with Gasteiger partial charge in [-0.05, 0) is 50.4 Å². The summed E-state index contributed by atoms with van der Waals surface area (Å²) >= 11 is 0. The average Bonchev–Trinajstić information content (AvgIpc) is 3.48. The quantitative estimate of drug-likeness (QED) is 0.0541. The third-order valence-electron chi connectivity index (χ3n) is 10.6. The molecule has 1 heterocycles. The fourth-order valence-corrected chi connectivity index (χ4v) is 7.32. The monoisotopic (exact) mass is 621 g/mol. The van der Waals surface area contributed by atoms with Crippen molar-refractivity contribution in [1.82, 2.24) is 0 Å². The summed E-state index contributed by atoms with van der Waals surface area (Å²) < 4.78 is 11.0. The molecular weight excluding hydrogens is 540 g/mol. The molecule has 3 heteroatoms. The van der Waals surface area contributed by atoms with E-state index < -0.39 is 0 Å². The molecule has 0 saturated carbocycles. The van der Waals surface area contributed by atoms with Crippen molar-refractivity contribution in [2.75, 3.05) is 7.11 Å². The number of carbonyl (C=O) groups excluding carboxylic acids is 1. The normalized spacial score (nSPS) is 18.1. The summed E-state index contributed by atoms with van der Waals surface area (Å²) in [6.45, 7) is 7.20. The number of esters is 1. The summed E-state index contributed by atoms with van der Waals surface area (Å²) in [6, 6.07) is 0. The first kappa shape index (κ1) is 41.5. The van der Waals surface area contributed by atoms with E-state index in [1.807, 2.05) is 0 Å². The molecule has 0 aromatic rings. The van der Waals surface area contributed by atoms with E-state index in [1.54, 1.807) is 0 Å². The van der Waals surface area contributed by atoms with Crippen LogP contribution in [0.1, 0.15) is 226 Å². The second-order valence-corrected chi connectivity index (χ2v) is 15.0. The van der Waals surface area contributed by atoms with Gasteiger partial charge in [0.2, 0.25) is 0 Å². The van der Waals surface area contributed by atoms with Crippen LogP contribution >= 0.6 is 0 Å². The van der Waals surface area contributed by atoms with Crippen LogP contribution in [0, 0.1) is 11.8 Å². The first-order valence-corrected chi connectivity index (χ1v) is 20.3. The minimum atomic E-state index is -0.0708. The Hall–Kier alpha value is -0.570. The molecule has 0 radical (unpaired) electrons. The summed E-state index contributed by atoms with van der Waals surface area (Å²) in [6.07, 6.45) is 44.4. The number of hydrogen-bond donors (Lipinski definition) is 0. The van der Waals surface area contributed by atoms with Gasteiger partial charge in [-0.15, -0.1) is 0 Å². The third kappa shape index (κ3) is 26.6. The summed E-state index contributed by atoms with van der Waals surface area (Å²) in [5.41, 5.74) is 0. The Balaban J connectivity index is 1.73. The number of rotatable bonds is 33. The van der Waals surface area contributed by atoms with Gasteiger partial charge in [0.1, 0.15) is 0 Å². The van der Waals surface area contributed by atoms with E-state index in [4.69, 9.17) is 9.47 Å². The zero-order valence-electron chi connectivity index (χ0n) is 30.7. The van der Waals surface area contributed by atoms with Crippen molar-refractivity contribution in [2.24, 2.45) is 11.8 Å². The zero-order valence-corrected chi connectivity index (χ0v) is 30.7. The molecule has 1 fully saturated rings. The zero-order chi connectivity index (χ0) is 31.9. The topological polar surface area (TPSA) is 35.5 Å². The Labute approximate surface area is 277 Å². The number of unbranched alkanes of at least 4 members (excludes halogenated alkanes) is 22. The lowest BCUT2D eigenvalue weighted by molar-refractivity contribution is -0.140. The number of carbonyl (C=O) groups is 1. The van der Waals surface area contributed by atoms with Gasteiger partial charge in [0.15, 0.2) is 0 Å². The molecule has 3 nitrogen and oxygen atoms in total. The summed E-state index contributed by atoms with van der Waals surface area (Å²) in [7, 11) is 1.47. The van der Waals surface area contributed by atoms with Crippen LogP contribution in [-0.4, -0.2) is 25.3 Å². The molecule has 1 aliphatic heterocycles. The lowest BCUT2D eigenvalue weighted by atomic mass is 9.91. The van der Waals surface area contributed by atoms with E-state index in [-0.39, 0.29) is 5.97 Å². The van der Waals surface area contributed by atoms with Gasteiger partial charge in [0.25, 0.3) is 0 Å². The van der Waals surface area contributed by atoms with Crippen LogP contribution in [-0.2, 0) is 14.3 Å². The molecule has 0 aromatic heterocycles. The van der Waals surface area contributed by atoms with Crippen LogP contribution in [0.5, 0.6) is 0 Å². The number of hydrogen-bond acceptors (Lipinski definition) is 3. The molecule has 0 aliphatic carbocycles. The maximum Gasteiger partial charge on any atom is 0.305 e. The molecule has 1 saturated heterocycles. The van der Waals surface area contributed by atoms with Crippen LogP contribution < -0.4 is 0 Å². The predicted molar refractivity (Wildman–Crippen MR) is 192 cm³/mol. The highest BCUT2D eigenvalue weighted by Crippen LogP contribution is 2.28. The Morgan fingerprint density at radius 2 is 0.932 bits per heavy atom. The van der Waals surface area contributed by atoms with E-state index >= 15 is 0 Å². The fourth-order valence-electron chi connectivity index (χ4n) is 7.32. The van der Waals surface area contributed by atoms with Gasteiger partial charge in [-0.2, -0.15) is 0 Å². The highest BCUT2D eigenvalue weighted by atomic mass is 16.5. The van der Waals surface area contributed by atoms with E-state index in [1.165, 1.54) is 193 Å². The van der Waals surface area contributed by atoms with Crippen LogP contribution in [0.2, 0.25) is 0 Å². The number of methoxy groups -OCH3 is 1. The molecule has 262 valence electrons. The maximum atomic E-state index is 11.1. The van der Waals surface area contributed by atoms with Crippen LogP contribution in [0.15, 0.2) is 0 Å². The molecule has 0 N–H and O–H groups in total. The maximum absolute atomic E-state index is 11.1. The van der Waals surface area contributed by atoms with Crippen molar-refractivity contribution in [3.8, 4) is 0 Å². The van der Waals surface area contributed by atoms with Crippen molar-refractivity contribution in [2.45, 2.75) is 238 Å². The van der Waals surface area contributed by atoms with E-state index in [0.29, 0.717) is 18.6 Å². The Kier molecular flexibility index (Phi) is 29.3. The van der Waals surface area contributed by atoms with Crippen molar-refractivity contribution >= 4 is 5.97 Å². The highest BCUT2D eigenvalue weighted by molar-refractivity contribution is 5.68. The highest BCUT2D eigenvalue weighted by Gasteiger charge is 2.24.